The van der Waals surface area contributed by atoms with E-state index in [2.05, 4.69) is 19.2 Å². The molecule has 1 atom stereocenters. The topological polar surface area (TPSA) is 58.6 Å². The monoisotopic (exact) mass is 380 g/mol. The lowest BCUT2D eigenvalue weighted by Crippen LogP contribution is -2.45. The Hall–Kier alpha value is -2.82. The lowest BCUT2D eigenvalue weighted by molar-refractivity contribution is -0.136. The van der Waals surface area contributed by atoms with Crippen LogP contribution in [-0.4, -0.2) is 36.4 Å². The molecule has 1 heterocycles. The Morgan fingerprint density at radius 1 is 1.11 bits per heavy atom. The Labute approximate surface area is 166 Å². The molecule has 2 aromatic rings. The lowest BCUT2D eigenvalue weighted by Gasteiger charge is -2.32. The van der Waals surface area contributed by atoms with E-state index in [1.807, 2.05) is 54.6 Å². The zero-order valence-electron chi connectivity index (χ0n) is 16.6. The Morgan fingerprint density at radius 2 is 1.82 bits per heavy atom. The maximum Gasteiger partial charge on any atom is 0.260 e. The second kappa shape index (κ2) is 9.40. The van der Waals surface area contributed by atoms with Crippen LogP contribution in [0.1, 0.15) is 38.2 Å². The molecule has 2 aromatic carbocycles. The van der Waals surface area contributed by atoms with E-state index in [0.717, 1.165) is 18.5 Å². The molecule has 1 aliphatic rings. The first-order valence-corrected chi connectivity index (χ1v) is 9.89. The van der Waals surface area contributed by atoms with Crippen LogP contribution in [0.2, 0.25) is 0 Å². The number of rotatable bonds is 6. The molecule has 1 saturated heterocycles. The van der Waals surface area contributed by atoms with Gasteiger partial charge in [0.1, 0.15) is 5.75 Å². The SMILES string of the molecule is CC(C)c1ccc(OCC(=O)N2CCCC(C(=O)Nc3ccccc3)C2)cc1. The first-order valence-electron chi connectivity index (χ1n) is 9.89. The summed E-state index contributed by atoms with van der Waals surface area (Å²) in [4.78, 5) is 26.8. The summed E-state index contributed by atoms with van der Waals surface area (Å²) in [6.07, 6.45) is 1.61. The molecule has 148 valence electrons. The highest BCUT2D eigenvalue weighted by molar-refractivity contribution is 5.93. The van der Waals surface area contributed by atoms with Crippen molar-refractivity contribution >= 4 is 17.5 Å². The van der Waals surface area contributed by atoms with Gasteiger partial charge in [0.15, 0.2) is 6.61 Å². The van der Waals surface area contributed by atoms with Crippen LogP contribution in [0.4, 0.5) is 5.69 Å². The molecule has 28 heavy (non-hydrogen) atoms. The molecule has 1 N–H and O–H groups in total. The van der Waals surface area contributed by atoms with E-state index in [-0.39, 0.29) is 24.3 Å². The number of hydrogen-bond donors (Lipinski definition) is 1. The van der Waals surface area contributed by atoms with E-state index in [1.165, 1.54) is 5.56 Å². The van der Waals surface area contributed by atoms with Gasteiger partial charge >= 0.3 is 0 Å². The van der Waals surface area contributed by atoms with Crippen LogP contribution < -0.4 is 10.1 Å². The van der Waals surface area contributed by atoms with Crippen LogP contribution in [0.3, 0.4) is 0 Å². The number of amides is 2. The third-order valence-corrected chi connectivity index (χ3v) is 5.10. The summed E-state index contributed by atoms with van der Waals surface area (Å²) in [5.74, 6) is 0.846. The molecule has 0 radical (unpaired) electrons. The molecule has 1 aliphatic heterocycles. The fourth-order valence-corrected chi connectivity index (χ4v) is 3.37. The Balaban J connectivity index is 1.50. The van der Waals surface area contributed by atoms with Gasteiger partial charge < -0.3 is 15.0 Å². The van der Waals surface area contributed by atoms with Crippen LogP contribution in [0.15, 0.2) is 54.6 Å². The van der Waals surface area contributed by atoms with Crippen molar-refractivity contribution in [1.82, 2.24) is 4.90 Å². The van der Waals surface area contributed by atoms with Crippen molar-refractivity contribution in [3.63, 3.8) is 0 Å². The number of hydrogen-bond acceptors (Lipinski definition) is 3. The first-order chi connectivity index (χ1) is 13.5. The molecule has 3 rings (SSSR count). The minimum Gasteiger partial charge on any atom is -0.484 e. The van der Waals surface area contributed by atoms with Crippen molar-refractivity contribution in [3.05, 3.63) is 60.2 Å². The van der Waals surface area contributed by atoms with Gasteiger partial charge in [0.05, 0.1) is 5.92 Å². The van der Waals surface area contributed by atoms with Crippen molar-refractivity contribution in [1.29, 1.82) is 0 Å². The largest absolute Gasteiger partial charge is 0.484 e. The van der Waals surface area contributed by atoms with E-state index >= 15 is 0 Å². The molecular weight excluding hydrogens is 352 g/mol. The van der Waals surface area contributed by atoms with Gasteiger partial charge in [-0.05, 0) is 48.6 Å². The maximum atomic E-state index is 12.5. The van der Waals surface area contributed by atoms with E-state index in [9.17, 15) is 9.59 Å². The molecule has 0 spiro atoms. The summed E-state index contributed by atoms with van der Waals surface area (Å²) in [6.45, 7) is 5.38. The fraction of sp³-hybridized carbons (Fsp3) is 0.391. The summed E-state index contributed by atoms with van der Waals surface area (Å²) in [6, 6.07) is 17.3. The van der Waals surface area contributed by atoms with Crippen molar-refractivity contribution in [3.8, 4) is 5.75 Å². The molecule has 1 unspecified atom stereocenters. The molecule has 5 heteroatoms. The summed E-state index contributed by atoms with van der Waals surface area (Å²) in [5.41, 5.74) is 2.02. The van der Waals surface area contributed by atoms with E-state index in [0.29, 0.717) is 24.8 Å². The number of piperidine rings is 1. The standard InChI is InChI=1S/C23H28N2O3/c1-17(2)18-10-12-21(13-11-18)28-16-22(26)25-14-6-7-19(15-25)23(27)24-20-8-4-3-5-9-20/h3-5,8-13,17,19H,6-7,14-16H2,1-2H3,(H,24,27). The van der Waals surface area contributed by atoms with Crippen LogP contribution in [0, 0.1) is 5.92 Å². The number of nitrogens with zero attached hydrogens (tertiary/aromatic N) is 1. The summed E-state index contributed by atoms with van der Waals surface area (Å²) < 4.78 is 5.66. The van der Waals surface area contributed by atoms with Crippen LogP contribution in [0.25, 0.3) is 0 Å². The molecule has 5 nitrogen and oxygen atoms in total. The Kier molecular flexibility index (Phi) is 6.69. The van der Waals surface area contributed by atoms with Gasteiger partial charge in [0.2, 0.25) is 5.91 Å². The highest BCUT2D eigenvalue weighted by atomic mass is 16.5. The Bertz CT molecular complexity index is 787. The number of benzene rings is 2. The number of carbonyl (C=O) groups is 2. The molecular formula is C23H28N2O3. The third kappa shape index (κ3) is 5.35. The van der Waals surface area contributed by atoms with Gasteiger partial charge in [0.25, 0.3) is 5.91 Å². The normalized spacial score (nSPS) is 16.7. The van der Waals surface area contributed by atoms with Crippen molar-refractivity contribution < 1.29 is 14.3 Å². The van der Waals surface area contributed by atoms with Gasteiger partial charge in [-0.3, -0.25) is 9.59 Å². The second-order valence-electron chi connectivity index (χ2n) is 7.55. The number of likely N-dealkylation sites (tertiary alicyclic amines) is 1. The minimum atomic E-state index is -0.191. The smallest absolute Gasteiger partial charge is 0.260 e. The highest BCUT2D eigenvalue weighted by Crippen LogP contribution is 2.21. The third-order valence-electron chi connectivity index (χ3n) is 5.10. The van der Waals surface area contributed by atoms with E-state index in [1.54, 1.807) is 4.90 Å². The van der Waals surface area contributed by atoms with Gasteiger partial charge in [-0.1, -0.05) is 44.2 Å². The maximum absolute atomic E-state index is 12.5. The summed E-state index contributed by atoms with van der Waals surface area (Å²) in [7, 11) is 0. The molecule has 0 bridgehead atoms. The number of anilines is 1. The predicted molar refractivity (Wildman–Crippen MR) is 110 cm³/mol. The minimum absolute atomic E-state index is 0.00590. The van der Waals surface area contributed by atoms with Crippen molar-refractivity contribution in [2.75, 3.05) is 25.0 Å². The quantitative estimate of drug-likeness (QED) is 0.822. The molecule has 0 aliphatic carbocycles. The van der Waals surface area contributed by atoms with Crippen LogP contribution in [0.5, 0.6) is 5.75 Å². The van der Waals surface area contributed by atoms with Gasteiger partial charge in [0, 0.05) is 18.8 Å². The molecule has 0 saturated carbocycles. The van der Waals surface area contributed by atoms with E-state index in [4.69, 9.17) is 4.74 Å². The van der Waals surface area contributed by atoms with Crippen LogP contribution in [-0.2, 0) is 9.59 Å². The number of nitrogens with one attached hydrogen (secondary N) is 1. The lowest BCUT2D eigenvalue weighted by atomic mass is 9.97. The van der Waals surface area contributed by atoms with Crippen LogP contribution >= 0.6 is 0 Å². The highest BCUT2D eigenvalue weighted by Gasteiger charge is 2.28. The summed E-state index contributed by atoms with van der Waals surface area (Å²) in [5, 5.41) is 2.94. The van der Waals surface area contributed by atoms with Gasteiger partial charge in [-0.25, -0.2) is 0 Å². The average Bonchev–Trinajstić information content (AvgIpc) is 2.73. The van der Waals surface area contributed by atoms with Crippen molar-refractivity contribution in [2.45, 2.75) is 32.6 Å². The zero-order valence-corrected chi connectivity index (χ0v) is 16.6. The number of para-hydroxylation sites is 1. The summed E-state index contributed by atoms with van der Waals surface area (Å²) >= 11 is 0. The molecule has 0 aromatic heterocycles. The predicted octanol–water partition coefficient (Wildman–Crippen LogP) is 4.07. The van der Waals surface area contributed by atoms with E-state index < -0.39 is 0 Å². The van der Waals surface area contributed by atoms with Gasteiger partial charge in [-0.2, -0.15) is 0 Å². The first kappa shape index (κ1) is 19.9. The van der Waals surface area contributed by atoms with Gasteiger partial charge in [-0.15, -0.1) is 0 Å². The number of carbonyl (C=O) groups excluding carboxylic acids is 2. The molecule has 2 amide bonds. The zero-order chi connectivity index (χ0) is 19.9. The van der Waals surface area contributed by atoms with Crippen molar-refractivity contribution in [2.24, 2.45) is 5.92 Å². The second-order valence-corrected chi connectivity index (χ2v) is 7.55. The average molecular weight is 380 g/mol. The molecule has 1 fully saturated rings. The number of ether oxygens (including phenoxy) is 1. The fourth-order valence-electron chi connectivity index (χ4n) is 3.37. The Morgan fingerprint density at radius 3 is 2.50 bits per heavy atom.